The third-order valence-electron chi connectivity index (χ3n) is 2.49. The fourth-order valence-electron chi connectivity index (χ4n) is 1.51. The fraction of sp³-hybridized carbons (Fsp3) is 0.667. The van der Waals surface area contributed by atoms with Crippen molar-refractivity contribution in [3.05, 3.63) is 5.82 Å². The Hall–Kier alpha value is -1.37. The second-order valence-electron chi connectivity index (χ2n) is 3.89. The molecular weight excluding hydrogens is 226 g/mol. The third kappa shape index (κ3) is 2.60. The van der Waals surface area contributed by atoms with Crippen LogP contribution in [-0.4, -0.2) is 33.0 Å². The number of aromatic nitrogens is 2. The number of nitrogens with zero attached hydrogens (tertiary/aromatic N) is 4. The Kier molecular flexibility index (Phi) is 3.23. The van der Waals surface area contributed by atoms with Gasteiger partial charge < -0.3 is 15.8 Å². The number of hydrogen-bond acceptors (Lipinski definition) is 6. The highest BCUT2D eigenvalue weighted by Crippen LogP contribution is 2.32. The maximum absolute atomic E-state index is 8.50. The number of rotatable bonds is 5. The zero-order chi connectivity index (χ0) is 11.5. The molecule has 16 heavy (non-hydrogen) atoms. The van der Waals surface area contributed by atoms with Gasteiger partial charge in [0.15, 0.2) is 0 Å². The number of nitrogens with two attached hydrogens (primary N) is 1. The summed E-state index contributed by atoms with van der Waals surface area (Å²) in [5.41, 5.74) is 5.47. The van der Waals surface area contributed by atoms with E-state index in [4.69, 9.17) is 10.9 Å². The lowest BCUT2D eigenvalue weighted by Gasteiger charge is -2.20. The Balaban J connectivity index is 2.00. The molecule has 3 N–H and O–H groups in total. The molecule has 0 amide bonds. The first kappa shape index (κ1) is 11.1. The standard InChI is InChI=1S/C9H15N5OS/c1-6-11-9(16-13-6)14(7-2-3-7)5-4-8(10)12-15/h7,15H,2-5H2,1H3,(H2,10,12). The van der Waals surface area contributed by atoms with Crippen LogP contribution in [0.5, 0.6) is 0 Å². The second kappa shape index (κ2) is 4.65. The van der Waals surface area contributed by atoms with Gasteiger partial charge in [0.25, 0.3) is 0 Å². The quantitative estimate of drug-likeness (QED) is 0.347. The monoisotopic (exact) mass is 241 g/mol. The highest BCUT2D eigenvalue weighted by Gasteiger charge is 2.30. The molecule has 1 heterocycles. The van der Waals surface area contributed by atoms with E-state index >= 15 is 0 Å². The van der Waals surface area contributed by atoms with Crippen LogP contribution in [0.4, 0.5) is 5.13 Å². The summed E-state index contributed by atoms with van der Waals surface area (Å²) >= 11 is 1.41. The molecule has 0 aromatic carbocycles. The molecule has 6 nitrogen and oxygen atoms in total. The fourth-order valence-corrected chi connectivity index (χ4v) is 2.28. The summed E-state index contributed by atoms with van der Waals surface area (Å²) in [7, 11) is 0. The van der Waals surface area contributed by atoms with Crippen LogP contribution in [0.15, 0.2) is 5.16 Å². The van der Waals surface area contributed by atoms with Crippen LogP contribution >= 0.6 is 11.5 Å². The van der Waals surface area contributed by atoms with Gasteiger partial charge in [-0.2, -0.15) is 4.37 Å². The summed E-state index contributed by atoms with van der Waals surface area (Å²) in [5.74, 6) is 1.06. The van der Waals surface area contributed by atoms with Gasteiger partial charge in [-0.1, -0.05) is 5.16 Å². The number of hydrogen-bond donors (Lipinski definition) is 2. The number of aryl methyl sites for hydroxylation is 1. The van der Waals surface area contributed by atoms with Crippen molar-refractivity contribution < 1.29 is 5.21 Å². The highest BCUT2D eigenvalue weighted by molar-refractivity contribution is 7.09. The van der Waals surface area contributed by atoms with Crippen LogP contribution in [0.25, 0.3) is 0 Å². The lowest BCUT2D eigenvalue weighted by molar-refractivity contribution is 0.317. The van der Waals surface area contributed by atoms with Crippen molar-refractivity contribution in [2.75, 3.05) is 11.4 Å². The molecule has 0 aliphatic heterocycles. The molecule has 1 aliphatic rings. The van der Waals surface area contributed by atoms with E-state index in [1.807, 2.05) is 6.92 Å². The minimum atomic E-state index is 0.256. The van der Waals surface area contributed by atoms with Crippen molar-refractivity contribution >= 4 is 22.5 Å². The molecular formula is C9H15N5OS. The van der Waals surface area contributed by atoms with Crippen molar-refractivity contribution in [1.29, 1.82) is 0 Å². The van der Waals surface area contributed by atoms with Gasteiger partial charge in [0.1, 0.15) is 11.7 Å². The van der Waals surface area contributed by atoms with Gasteiger partial charge in [-0.25, -0.2) is 4.98 Å². The Morgan fingerprint density at radius 2 is 2.44 bits per heavy atom. The van der Waals surface area contributed by atoms with Crippen molar-refractivity contribution in [2.45, 2.75) is 32.2 Å². The van der Waals surface area contributed by atoms with E-state index in [1.54, 1.807) is 0 Å². The minimum Gasteiger partial charge on any atom is -0.409 e. The Morgan fingerprint density at radius 3 is 2.94 bits per heavy atom. The van der Waals surface area contributed by atoms with Gasteiger partial charge in [-0.15, -0.1) is 0 Å². The van der Waals surface area contributed by atoms with Crippen LogP contribution in [0.2, 0.25) is 0 Å². The smallest absolute Gasteiger partial charge is 0.205 e. The summed E-state index contributed by atoms with van der Waals surface area (Å²) in [6.45, 7) is 2.61. The lowest BCUT2D eigenvalue weighted by Crippen LogP contribution is -2.30. The maximum atomic E-state index is 8.50. The number of oxime groups is 1. The van der Waals surface area contributed by atoms with Crippen molar-refractivity contribution in [3.8, 4) is 0 Å². The molecule has 2 rings (SSSR count). The summed E-state index contributed by atoms with van der Waals surface area (Å²) in [6.07, 6.45) is 2.93. The van der Waals surface area contributed by atoms with Crippen LogP contribution in [0.1, 0.15) is 25.1 Å². The van der Waals surface area contributed by atoms with Crippen molar-refractivity contribution in [2.24, 2.45) is 10.9 Å². The zero-order valence-electron chi connectivity index (χ0n) is 9.13. The van der Waals surface area contributed by atoms with Crippen molar-refractivity contribution in [3.63, 3.8) is 0 Å². The first-order valence-corrected chi connectivity index (χ1v) is 6.01. The van der Waals surface area contributed by atoms with Gasteiger partial charge >= 0.3 is 0 Å². The van der Waals surface area contributed by atoms with Crippen LogP contribution in [-0.2, 0) is 0 Å². The molecule has 0 spiro atoms. The SMILES string of the molecule is Cc1nsc(N(CCC(N)=NO)C2CC2)n1. The highest BCUT2D eigenvalue weighted by atomic mass is 32.1. The zero-order valence-corrected chi connectivity index (χ0v) is 9.94. The summed E-state index contributed by atoms with van der Waals surface area (Å²) in [4.78, 5) is 6.56. The number of amidine groups is 1. The maximum Gasteiger partial charge on any atom is 0.205 e. The van der Waals surface area contributed by atoms with Gasteiger partial charge in [0.05, 0.1) is 0 Å². The average molecular weight is 241 g/mol. The van der Waals surface area contributed by atoms with E-state index in [1.165, 1.54) is 24.4 Å². The summed E-state index contributed by atoms with van der Waals surface area (Å²) < 4.78 is 4.17. The molecule has 0 bridgehead atoms. The summed E-state index contributed by atoms with van der Waals surface area (Å²) in [6, 6.07) is 0.554. The molecule has 1 fully saturated rings. The molecule has 7 heteroatoms. The first-order chi connectivity index (χ1) is 7.70. The molecule has 0 unspecified atom stereocenters. The predicted molar refractivity (Wildman–Crippen MR) is 63.0 cm³/mol. The van der Waals surface area contributed by atoms with Crippen molar-refractivity contribution in [1.82, 2.24) is 9.36 Å². The normalized spacial score (nSPS) is 16.4. The van der Waals surface area contributed by atoms with Crippen LogP contribution in [0.3, 0.4) is 0 Å². The molecule has 0 atom stereocenters. The largest absolute Gasteiger partial charge is 0.409 e. The molecule has 1 aromatic heterocycles. The van der Waals surface area contributed by atoms with Crippen LogP contribution < -0.4 is 10.6 Å². The lowest BCUT2D eigenvalue weighted by atomic mass is 10.3. The molecule has 1 saturated carbocycles. The predicted octanol–water partition coefficient (Wildman–Crippen LogP) is 0.952. The Bertz CT molecular complexity index is 387. The second-order valence-corrected chi connectivity index (χ2v) is 4.62. The van der Waals surface area contributed by atoms with E-state index in [2.05, 4.69) is 19.4 Å². The number of anilines is 1. The summed E-state index contributed by atoms with van der Waals surface area (Å²) in [5, 5.41) is 12.4. The van der Waals surface area contributed by atoms with E-state index in [0.29, 0.717) is 12.5 Å². The molecule has 88 valence electrons. The topological polar surface area (TPSA) is 87.6 Å². The third-order valence-corrected chi connectivity index (χ3v) is 3.33. The molecule has 0 radical (unpaired) electrons. The van der Waals surface area contributed by atoms with E-state index < -0.39 is 0 Å². The van der Waals surface area contributed by atoms with Gasteiger partial charge in [0.2, 0.25) is 5.13 Å². The molecule has 0 saturated heterocycles. The van der Waals surface area contributed by atoms with E-state index in [-0.39, 0.29) is 5.84 Å². The average Bonchev–Trinajstić information content (AvgIpc) is 3.02. The Morgan fingerprint density at radius 1 is 1.69 bits per heavy atom. The van der Waals surface area contributed by atoms with Gasteiger partial charge in [-0.3, -0.25) is 0 Å². The van der Waals surface area contributed by atoms with Gasteiger partial charge in [0, 0.05) is 30.5 Å². The van der Waals surface area contributed by atoms with Crippen LogP contribution in [0, 0.1) is 6.92 Å². The first-order valence-electron chi connectivity index (χ1n) is 5.24. The van der Waals surface area contributed by atoms with E-state index in [0.717, 1.165) is 17.5 Å². The molecule has 1 aliphatic carbocycles. The Labute approximate surface area is 97.9 Å². The van der Waals surface area contributed by atoms with Gasteiger partial charge in [-0.05, 0) is 19.8 Å². The van der Waals surface area contributed by atoms with E-state index in [9.17, 15) is 0 Å². The minimum absolute atomic E-state index is 0.256. The molecule has 1 aromatic rings.